The lowest BCUT2D eigenvalue weighted by Gasteiger charge is -2.34. The molecule has 2 rings (SSSR count). The molecule has 0 saturated carbocycles. The van der Waals surface area contributed by atoms with E-state index in [0.717, 1.165) is 29.8 Å². The van der Waals surface area contributed by atoms with Gasteiger partial charge in [0.2, 0.25) is 5.91 Å². The van der Waals surface area contributed by atoms with E-state index in [4.69, 9.17) is 0 Å². The zero-order valence-electron chi connectivity index (χ0n) is 13.7. The van der Waals surface area contributed by atoms with Crippen LogP contribution in [0.5, 0.6) is 0 Å². The Kier molecular flexibility index (Phi) is 5.55. The summed E-state index contributed by atoms with van der Waals surface area (Å²) in [5.74, 6) is 0.149. The molecule has 0 unspecified atom stereocenters. The van der Waals surface area contributed by atoms with Gasteiger partial charge >= 0.3 is 0 Å². The summed E-state index contributed by atoms with van der Waals surface area (Å²) in [6.07, 6.45) is 0. The van der Waals surface area contributed by atoms with Crippen molar-refractivity contribution in [2.24, 2.45) is 0 Å². The fourth-order valence-electron chi connectivity index (χ4n) is 2.72. The minimum absolute atomic E-state index is 0.0526. The number of benzene rings is 1. The summed E-state index contributed by atoms with van der Waals surface area (Å²) < 4.78 is 0. The number of hydrogen-bond donors (Lipinski definition) is 1. The van der Waals surface area contributed by atoms with Gasteiger partial charge in [0.15, 0.2) is 0 Å². The standard InChI is InChI=1S/C17H25N3O2/c1-4-18-16(21)12-19-8-10-20(11-9-19)17(22)15-7-5-6-13(2)14(15)3/h5-7H,4,8-12H2,1-3H3,(H,18,21). The van der Waals surface area contributed by atoms with Crippen LogP contribution in [0.1, 0.15) is 28.4 Å². The van der Waals surface area contributed by atoms with Crippen LogP contribution >= 0.6 is 0 Å². The highest BCUT2D eigenvalue weighted by Gasteiger charge is 2.24. The Morgan fingerprint density at radius 3 is 2.45 bits per heavy atom. The number of likely N-dealkylation sites (N-methyl/N-ethyl adjacent to an activating group) is 1. The predicted molar refractivity (Wildman–Crippen MR) is 86.9 cm³/mol. The first-order valence-corrected chi connectivity index (χ1v) is 7.87. The fourth-order valence-corrected chi connectivity index (χ4v) is 2.72. The number of piperazine rings is 1. The van der Waals surface area contributed by atoms with Gasteiger partial charge in [0.05, 0.1) is 6.54 Å². The van der Waals surface area contributed by atoms with E-state index in [-0.39, 0.29) is 11.8 Å². The van der Waals surface area contributed by atoms with Gasteiger partial charge in [-0.3, -0.25) is 14.5 Å². The van der Waals surface area contributed by atoms with Gasteiger partial charge in [0, 0.05) is 38.3 Å². The van der Waals surface area contributed by atoms with Gasteiger partial charge in [-0.2, -0.15) is 0 Å². The van der Waals surface area contributed by atoms with Crippen molar-refractivity contribution in [1.82, 2.24) is 15.1 Å². The maximum absolute atomic E-state index is 12.6. The number of carbonyl (C=O) groups excluding carboxylic acids is 2. The first kappa shape index (κ1) is 16.5. The summed E-state index contributed by atoms with van der Waals surface area (Å²) in [4.78, 5) is 28.2. The lowest BCUT2D eigenvalue weighted by molar-refractivity contribution is -0.122. The van der Waals surface area contributed by atoms with Crippen molar-refractivity contribution in [3.05, 3.63) is 34.9 Å². The van der Waals surface area contributed by atoms with Crippen molar-refractivity contribution < 1.29 is 9.59 Å². The summed E-state index contributed by atoms with van der Waals surface area (Å²) in [5, 5.41) is 2.81. The second-order valence-electron chi connectivity index (χ2n) is 5.77. The zero-order valence-corrected chi connectivity index (χ0v) is 13.7. The molecule has 0 bridgehead atoms. The normalized spacial score (nSPS) is 15.7. The van der Waals surface area contributed by atoms with Crippen LogP contribution in [-0.4, -0.2) is 60.9 Å². The SMILES string of the molecule is CCNC(=O)CN1CCN(C(=O)c2cccc(C)c2C)CC1. The van der Waals surface area contributed by atoms with Crippen molar-refractivity contribution in [1.29, 1.82) is 0 Å². The summed E-state index contributed by atoms with van der Waals surface area (Å²) in [7, 11) is 0. The highest BCUT2D eigenvalue weighted by molar-refractivity contribution is 5.96. The number of nitrogens with zero attached hydrogens (tertiary/aromatic N) is 2. The van der Waals surface area contributed by atoms with Crippen molar-refractivity contribution in [2.75, 3.05) is 39.3 Å². The van der Waals surface area contributed by atoms with Gasteiger partial charge in [0.1, 0.15) is 0 Å². The van der Waals surface area contributed by atoms with Crippen LogP contribution in [0.2, 0.25) is 0 Å². The smallest absolute Gasteiger partial charge is 0.254 e. The van der Waals surface area contributed by atoms with E-state index in [0.29, 0.717) is 26.2 Å². The molecule has 1 saturated heterocycles. The maximum Gasteiger partial charge on any atom is 0.254 e. The van der Waals surface area contributed by atoms with Crippen LogP contribution in [0.4, 0.5) is 0 Å². The fraction of sp³-hybridized carbons (Fsp3) is 0.529. The molecule has 1 aromatic rings. The van der Waals surface area contributed by atoms with E-state index in [1.807, 2.05) is 43.9 Å². The number of amides is 2. The molecule has 1 aromatic carbocycles. The molecular weight excluding hydrogens is 278 g/mol. The molecule has 1 aliphatic heterocycles. The molecule has 5 nitrogen and oxygen atoms in total. The second-order valence-corrected chi connectivity index (χ2v) is 5.77. The maximum atomic E-state index is 12.6. The topological polar surface area (TPSA) is 52.7 Å². The van der Waals surface area contributed by atoms with Gasteiger partial charge in [0.25, 0.3) is 5.91 Å². The van der Waals surface area contributed by atoms with Crippen molar-refractivity contribution in [3.8, 4) is 0 Å². The molecule has 0 radical (unpaired) electrons. The quantitative estimate of drug-likeness (QED) is 0.909. The Morgan fingerprint density at radius 2 is 1.82 bits per heavy atom. The van der Waals surface area contributed by atoms with Crippen LogP contribution in [0, 0.1) is 13.8 Å². The Bertz CT molecular complexity index is 549. The summed E-state index contributed by atoms with van der Waals surface area (Å²) in [5.41, 5.74) is 2.98. The van der Waals surface area contributed by atoms with E-state index < -0.39 is 0 Å². The highest BCUT2D eigenvalue weighted by Crippen LogP contribution is 2.16. The lowest BCUT2D eigenvalue weighted by atomic mass is 10.0. The van der Waals surface area contributed by atoms with E-state index >= 15 is 0 Å². The highest BCUT2D eigenvalue weighted by atomic mass is 16.2. The monoisotopic (exact) mass is 303 g/mol. The average molecular weight is 303 g/mol. The number of hydrogen-bond acceptors (Lipinski definition) is 3. The number of carbonyl (C=O) groups is 2. The van der Waals surface area contributed by atoms with Crippen LogP contribution in [0.25, 0.3) is 0 Å². The third-order valence-electron chi connectivity index (χ3n) is 4.24. The van der Waals surface area contributed by atoms with Crippen molar-refractivity contribution in [3.63, 3.8) is 0 Å². The lowest BCUT2D eigenvalue weighted by Crippen LogP contribution is -2.51. The molecule has 1 N–H and O–H groups in total. The molecular formula is C17H25N3O2. The molecule has 0 atom stereocenters. The number of nitrogens with one attached hydrogen (secondary N) is 1. The third kappa shape index (κ3) is 3.85. The van der Waals surface area contributed by atoms with Gasteiger partial charge in [-0.15, -0.1) is 0 Å². The molecule has 1 fully saturated rings. The first-order chi connectivity index (χ1) is 10.5. The molecule has 120 valence electrons. The Morgan fingerprint density at radius 1 is 1.14 bits per heavy atom. The summed E-state index contributed by atoms with van der Waals surface area (Å²) in [6.45, 7) is 9.84. The largest absolute Gasteiger partial charge is 0.355 e. The minimum atomic E-state index is 0.0526. The van der Waals surface area contributed by atoms with Gasteiger partial charge < -0.3 is 10.2 Å². The Hall–Kier alpha value is -1.88. The van der Waals surface area contributed by atoms with E-state index in [9.17, 15) is 9.59 Å². The van der Waals surface area contributed by atoms with Gasteiger partial charge in [-0.1, -0.05) is 12.1 Å². The number of aryl methyl sites for hydroxylation is 1. The molecule has 5 heteroatoms. The van der Waals surface area contributed by atoms with Crippen LogP contribution in [-0.2, 0) is 4.79 Å². The van der Waals surface area contributed by atoms with Crippen LogP contribution < -0.4 is 5.32 Å². The van der Waals surface area contributed by atoms with Gasteiger partial charge in [-0.25, -0.2) is 0 Å². The first-order valence-electron chi connectivity index (χ1n) is 7.87. The van der Waals surface area contributed by atoms with E-state index in [2.05, 4.69) is 10.2 Å². The van der Waals surface area contributed by atoms with Crippen LogP contribution in [0.15, 0.2) is 18.2 Å². The zero-order chi connectivity index (χ0) is 16.1. The molecule has 1 aliphatic rings. The summed E-state index contributed by atoms with van der Waals surface area (Å²) in [6, 6.07) is 5.85. The van der Waals surface area contributed by atoms with Crippen molar-refractivity contribution >= 4 is 11.8 Å². The Balaban J connectivity index is 1.92. The van der Waals surface area contributed by atoms with E-state index in [1.165, 1.54) is 0 Å². The molecule has 1 heterocycles. The molecule has 0 aromatic heterocycles. The third-order valence-corrected chi connectivity index (χ3v) is 4.24. The van der Waals surface area contributed by atoms with E-state index in [1.54, 1.807) is 0 Å². The second kappa shape index (κ2) is 7.40. The number of rotatable bonds is 4. The van der Waals surface area contributed by atoms with Crippen molar-refractivity contribution in [2.45, 2.75) is 20.8 Å². The molecule has 0 spiro atoms. The molecule has 0 aliphatic carbocycles. The minimum Gasteiger partial charge on any atom is -0.355 e. The molecule has 2 amide bonds. The average Bonchev–Trinajstić information content (AvgIpc) is 2.50. The Labute approximate surface area is 132 Å². The van der Waals surface area contributed by atoms with Gasteiger partial charge in [-0.05, 0) is 38.0 Å². The predicted octanol–water partition coefficient (Wildman–Crippen LogP) is 1.20. The summed E-state index contributed by atoms with van der Waals surface area (Å²) >= 11 is 0. The molecule has 22 heavy (non-hydrogen) atoms. The van der Waals surface area contributed by atoms with Crippen LogP contribution in [0.3, 0.4) is 0 Å².